The summed E-state index contributed by atoms with van der Waals surface area (Å²) < 4.78 is 4.95. The molecule has 4 heteroatoms. The van der Waals surface area contributed by atoms with Gasteiger partial charge >= 0.3 is 0 Å². The number of aliphatic hydroxyl groups is 1. The van der Waals surface area contributed by atoms with Crippen molar-refractivity contribution in [3.8, 4) is 0 Å². The zero-order chi connectivity index (χ0) is 10.2. The number of pyridine rings is 1. The molecule has 1 aromatic heterocycles. The molecular weight excluding hydrogens is 198 g/mol. The fourth-order valence-electron chi connectivity index (χ4n) is 1.05. The van der Waals surface area contributed by atoms with Crippen molar-refractivity contribution < 1.29 is 9.84 Å². The number of hydrogen-bond donors (Lipinski definition) is 1. The summed E-state index contributed by atoms with van der Waals surface area (Å²) in [4.78, 5) is 4.21. The van der Waals surface area contributed by atoms with Gasteiger partial charge in [-0.2, -0.15) is 0 Å². The number of aliphatic hydroxyl groups excluding tert-OH is 1. The van der Waals surface area contributed by atoms with Crippen molar-refractivity contribution in [1.82, 2.24) is 4.98 Å². The maximum absolute atomic E-state index is 9.04. The lowest BCUT2D eigenvalue weighted by Crippen LogP contribution is -1.94. The number of methoxy groups -OCH3 is 1. The van der Waals surface area contributed by atoms with Crippen LogP contribution in [0, 0.1) is 0 Å². The van der Waals surface area contributed by atoms with E-state index in [0.29, 0.717) is 0 Å². The molecule has 0 aliphatic heterocycles. The minimum atomic E-state index is 0.0560. The first-order valence-electron chi connectivity index (χ1n) is 4.55. The van der Waals surface area contributed by atoms with Crippen LogP contribution >= 0.6 is 11.8 Å². The molecule has 0 saturated carbocycles. The number of nitrogens with zero attached hydrogens (tertiary/aromatic N) is 1. The lowest BCUT2D eigenvalue weighted by Gasteiger charge is -2.04. The average molecular weight is 213 g/mol. The van der Waals surface area contributed by atoms with Crippen LogP contribution in [-0.2, 0) is 11.3 Å². The van der Waals surface area contributed by atoms with Gasteiger partial charge in [0.1, 0.15) is 5.03 Å². The Bertz CT molecular complexity index is 268. The van der Waals surface area contributed by atoms with Crippen LogP contribution in [0.5, 0.6) is 0 Å². The van der Waals surface area contributed by atoms with Crippen molar-refractivity contribution >= 4 is 11.8 Å². The molecule has 3 nitrogen and oxygen atoms in total. The molecule has 0 saturated heterocycles. The van der Waals surface area contributed by atoms with E-state index in [1.807, 2.05) is 12.1 Å². The number of thioether (sulfide) groups is 1. The van der Waals surface area contributed by atoms with E-state index >= 15 is 0 Å². The van der Waals surface area contributed by atoms with Gasteiger partial charge in [0.2, 0.25) is 0 Å². The number of rotatable bonds is 6. The zero-order valence-corrected chi connectivity index (χ0v) is 9.09. The Morgan fingerprint density at radius 1 is 1.57 bits per heavy atom. The molecular formula is C10H15NO2S. The summed E-state index contributed by atoms with van der Waals surface area (Å²) in [6, 6.07) is 3.73. The van der Waals surface area contributed by atoms with Gasteiger partial charge in [-0.05, 0) is 12.5 Å². The predicted molar refractivity (Wildman–Crippen MR) is 57.4 cm³/mol. The molecule has 0 fully saturated rings. The summed E-state index contributed by atoms with van der Waals surface area (Å²) in [5.41, 5.74) is 0.898. The summed E-state index contributed by atoms with van der Waals surface area (Å²) >= 11 is 1.66. The Balaban J connectivity index is 2.41. The largest absolute Gasteiger partial charge is 0.392 e. The third-order valence-corrected chi connectivity index (χ3v) is 2.89. The van der Waals surface area contributed by atoms with Crippen LogP contribution in [0.3, 0.4) is 0 Å². The summed E-state index contributed by atoms with van der Waals surface area (Å²) in [7, 11) is 1.70. The third kappa shape index (κ3) is 3.65. The number of aromatic nitrogens is 1. The monoisotopic (exact) mass is 213 g/mol. The second-order valence-corrected chi connectivity index (χ2v) is 3.90. The third-order valence-electron chi connectivity index (χ3n) is 1.75. The second-order valence-electron chi connectivity index (χ2n) is 2.82. The Kier molecular flexibility index (Phi) is 5.59. The van der Waals surface area contributed by atoms with Crippen molar-refractivity contribution in [3.05, 3.63) is 23.9 Å². The van der Waals surface area contributed by atoms with E-state index in [1.54, 1.807) is 25.1 Å². The van der Waals surface area contributed by atoms with E-state index in [9.17, 15) is 0 Å². The average Bonchev–Trinajstić information content (AvgIpc) is 2.25. The molecule has 0 bridgehead atoms. The Labute approximate surface area is 88.5 Å². The first-order valence-corrected chi connectivity index (χ1v) is 5.53. The van der Waals surface area contributed by atoms with Gasteiger partial charge in [-0.3, -0.25) is 0 Å². The molecule has 0 atom stereocenters. The summed E-state index contributed by atoms with van der Waals surface area (Å²) in [6.45, 7) is 0.828. The minimum Gasteiger partial charge on any atom is -0.392 e. The zero-order valence-electron chi connectivity index (χ0n) is 8.27. The van der Waals surface area contributed by atoms with E-state index in [0.717, 1.165) is 29.4 Å². The van der Waals surface area contributed by atoms with Crippen molar-refractivity contribution in [2.45, 2.75) is 18.1 Å². The molecule has 1 aromatic rings. The first-order chi connectivity index (χ1) is 6.88. The molecule has 0 aliphatic carbocycles. The quantitative estimate of drug-likeness (QED) is 0.577. The topological polar surface area (TPSA) is 42.4 Å². The molecule has 0 unspecified atom stereocenters. The maximum Gasteiger partial charge on any atom is 0.101 e. The Morgan fingerprint density at radius 2 is 2.43 bits per heavy atom. The summed E-state index contributed by atoms with van der Waals surface area (Å²) in [5.74, 6) is 0.970. The number of hydrogen-bond acceptors (Lipinski definition) is 4. The fourth-order valence-corrected chi connectivity index (χ4v) is 1.96. The normalized spacial score (nSPS) is 10.4. The SMILES string of the molecule is COCCCSc1ncccc1CO. The fraction of sp³-hybridized carbons (Fsp3) is 0.500. The Morgan fingerprint density at radius 3 is 3.14 bits per heavy atom. The predicted octanol–water partition coefficient (Wildman–Crippen LogP) is 1.70. The van der Waals surface area contributed by atoms with Crippen molar-refractivity contribution in [2.75, 3.05) is 19.5 Å². The highest BCUT2D eigenvalue weighted by molar-refractivity contribution is 7.99. The van der Waals surface area contributed by atoms with Gasteiger partial charge in [0.05, 0.1) is 6.61 Å². The summed E-state index contributed by atoms with van der Waals surface area (Å²) in [6.07, 6.45) is 2.75. The van der Waals surface area contributed by atoms with Crippen molar-refractivity contribution in [2.24, 2.45) is 0 Å². The van der Waals surface area contributed by atoms with Gasteiger partial charge in [0.15, 0.2) is 0 Å². The van der Waals surface area contributed by atoms with E-state index in [4.69, 9.17) is 9.84 Å². The maximum atomic E-state index is 9.04. The van der Waals surface area contributed by atoms with Crippen LogP contribution in [0.25, 0.3) is 0 Å². The molecule has 1 N–H and O–H groups in total. The van der Waals surface area contributed by atoms with Gasteiger partial charge < -0.3 is 9.84 Å². The molecule has 1 heterocycles. The van der Waals surface area contributed by atoms with Crippen LogP contribution in [-0.4, -0.2) is 29.6 Å². The summed E-state index contributed by atoms with van der Waals surface area (Å²) in [5, 5.41) is 9.97. The molecule has 0 spiro atoms. The van der Waals surface area contributed by atoms with Crippen molar-refractivity contribution in [3.63, 3.8) is 0 Å². The molecule has 0 aromatic carbocycles. The van der Waals surface area contributed by atoms with Gasteiger partial charge in [0, 0.05) is 31.2 Å². The second kappa shape index (κ2) is 6.81. The van der Waals surface area contributed by atoms with Crippen molar-refractivity contribution in [1.29, 1.82) is 0 Å². The standard InChI is InChI=1S/C10H15NO2S/c1-13-6-3-7-14-10-9(8-12)4-2-5-11-10/h2,4-5,12H,3,6-8H2,1H3. The molecule has 1 rings (SSSR count). The van der Waals surface area contributed by atoms with Gasteiger partial charge in [0.25, 0.3) is 0 Å². The van der Waals surface area contributed by atoms with E-state index in [2.05, 4.69) is 4.98 Å². The molecule has 0 amide bonds. The Hall–Kier alpha value is -0.580. The van der Waals surface area contributed by atoms with Crippen LogP contribution < -0.4 is 0 Å². The molecule has 14 heavy (non-hydrogen) atoms. The highest BCUT2D eigenvalue weighted by Gasteiger charge is 2.01. The van der Waals surface area contributed by atoms with E-state index in [1.165, 1.54) is 0 Å². The van der Waals surface area contributed by atoms with E-state index < -0.39 is 0 Å². The van der Waals surface area contributed by atoms with Crippen LogP contribution in [0.1, 0.15) is 12.0 Å². The molecule has 0 aliphatic rings. The smallest absolute Gasteiger partial charge is 0.101 e. The van der Waals surface area contributed by atoms with Crippen LogP contribution in [0.2, 0.25) is 0 Å². The highest BCUT2D eigenvalue weighted by Crippen LogP contribution is 2.20. The lowest BCUT2D eigenvalue weighted by atomic mass is 10.3. The van der Waals surface area contributed by atoms with Gasteiger partial charge in [-0.15, -0.1) is 11.8 Å². The molecule has 0 radical (unpaired) electrons. The lowest BCUT2D eigenvalue weighted by molar-refractivity contribution is 0.200. The van der Waals surface area contributed by atoms with Crippen LogP contribution in [0.15, 0.2) is 23.4 Å². The highest BCUT2D eigenvalue weighted by atomic mass is 32.2. The molecule has 78 valence electrons. The number of ether oxygens (including phenoxy) is 1. The first kappa shape index (κ1) is 11.5. The minimum absolute atomic E-state index is 0.0560. The van der Waals surface area contributed by atoms with Crippen LogP contribution in [0.4, 0.5) is 0 Å². The van der Waals surface area contributed by atoms with Gasteiger partial charge in [-0.25, -0.2) is 4.98 Å². The van der Waals surface area contributed by atoms with E-state index in [-0.39, 0.29) is 6.61 Å². The van der Waals surface area contributed by atoms with Gasteiger partial charge in [-0.1, -0.05) is 6.07 Å².